The van der Waals surface area contributed by atoms with E-state index < -0.39 is 40.6 Å². The van der Waals surface area contributed by atoms with E-state index >= 15 is 0 Å². The number of carbonyl (C=O) groups excluding carboxylic acids is 1. The summed E-state index contributed by atoms with van der Waals surface area (Å²) in [7, 11) is 0. The van der Waals surface area contributed by atoms with Crippen LogP contribution in [0.1, 0.15) is 22.8 Å². The van der Waals surface area contributed by atoms with Gasteiger partial charge in [-0.3, -0.25) is 9.89 Å². The molecule has 2 rings (SSSR count). The van der Waals surface area contributed by atoms with Crippen molar-refractivity contribution in [3.05, 3.63) is 46.4 Å². The highest BCUT2D eigenvalue weighted by Crippen LogP contribution is 2.24. The average molecular weight is 305 g/mol. The molecule has 0 saturated heterocycles. The molecule has 0 atom stereocenters. The van der Waals surface area contributed by atoms with Crippen LogP contribution in [0.15, 0.2) is 6.20 Å². The number of hydrogen-bond acceptors (Lipinski definition) is 2. The van der Waals surface area contributed by atoms with Gasteiger partial charge in [0.1, 0.15) is 11.4 Å². The van der Waals surface area contributed by atoms with Crippen LogP contribution in [0.3, 0.4) is 0 Å². The van der Waals surface area contributed by atoms with Gasteiger partial charge in [-0.05, 0) is 6.42 Å². The smallest absolute Gasteiger partial charge is 0.263 e. The maximum absolute atomic E-state index is 13.5. The van der Waals surface area contributed by atoms with Crippen LogP contribution < -0.4 is 5.32 Å². The van der Waals surface area contributed by atoms with Gasteiger partial charge in [-0.25, -0.2) is 22.0 Å². The van der Waals surface area contributed by atoms with Crippen molar-refractivity contribution in [3.8, 4) is 0 Å². The largest absolute Gasteiger partial charge is 0.307 e. The Morgan fingerprint density at radius 1 is 1.10 bits per heavy atom. The maximum Gasteiger partial charge on any atom is 0.263 e. The van der Waals surface area contributed by atoms with E-state index in [9.17, 15) is 26.7 Å². The summed E-state index contributed by atoms with van der Waals surface area (Å²) >= 11 is 0. The molecule has 0 saturated carbocycles. The van der Waals surface area contributed by atoms with Crippen LogP contribution in [-0.2, 0) is 6.42 Å². The number of H-pyrrole nitrogens is 1. The quantitative estimate of drug-likeness (QED) is 0.520. The van der Waals surface area contributed by atoms with E-state index in [4.69, 9.17) is 0 Å². The molecule has 2 N–H and O–H groups in total. The second-order valence-corrected chi connectivity index (χ2v) is 4.02. The minimum atomic E-state index is -2.32. The molecule has 0 spiro atoms. The fourth-order valence-corrected chi connectivity index (χ4v) is 1.67. The van der Waals surface area contributed by atoms with Gasteiger partial charge in [-0.2, -0.15) is 5.10 Å². The summed E-state index contributed by atoms with van der Waals surface area (Å²) in [6.45, 7) is 1.72. The Hall–Kier alpha value is -2.45. The summed E-state index contributed by atoms with van der Waals surface area (Å²) in [4.78, 5) is 11.7. The summed E-state index contributed by atoms with van der Waals surface area (Å²) in [5, 5.41) is 7.97. The van der Waals surface area contributed by atoms with Gasteiger partial charge in [0.15, 0.2) is 23.3 Å². The first-order chi connectivity index (χ1) is 9.88. The van der Waals surface area contributed by atoms with E-state index in [0.717, 1.165) is 0 Å². The fourth-order valence-electron chi connectivity index (χ4n) is 1.67. The zero-order valence-corrected chi connectivity index (χ0v) is 10.5. The molecule has 0 aliphatic carbocycles. The van der Waals surface area contributed by atoms with Crippen molar-refractivity contribution in [1.29, 1.82) is 0 Å². The highest BCUT2D eigenvalue weighted by atomic mass is 19.2. The summed E-state index contributed by atoms with van der Waals surface area (Å²) in [5.41, 5.74) is -1.05. The minimum Gasteiger partial charge on any atom is -0.307 e. The lowest BCUT2D eigenvalue weighted by Gasteiger charge is -2.08. The van der Waals surface area contributed by atoms with Gasteiger partial charge in [0, 0.05) is 5.56 Å². The number of halogens is 5. The molecule has 0 unspecified atom stereocenters. The highest BCUT2D eigenvalue weighted by Gasteiger charge is 2.30. The number of nitrogens with zero attached hydrogens (tertiary/aromatic N) is 1. The Bertz CT molecular complexity index is 684. The molecule has 4 nitrogen and oxygen atoms in total. The first-order valence-electron chi connectivity index (χ1n) is 5.73. The van der Waals surface area contributed by atoms with Crippen LogP contribution in [0.25, 0.3) is 0 Å². The Morgan fingerprint density at radius 3 is 2.14 bits per heavy atom. The molecule has 9 heteroatoms. The standard InChI is InChI=1S/C12H8F5N3O/c1-2-4-3-18-20-11(4)19-12(21)5-6(13)8(15)10(17)9(16)7(5)14/h3H,2H2,1H3,(H2,18,19,20,21). The lowest BCUT2D eigenvalue weighted by Crippen LogP contribution is -2.20. The van der Waals surface area contributed by atoms with Crippen LogP contribution in [0.2, 0.25) is 0 Å². The molecule has 0 aliphatic rings. The molecular weight excluding hydrogens is 297 g/mol. The van der Waals surface area contributed by atoms with Crippen molar-refractivity contribution in [1.82, 2.24) is 10.2 Å². The topological polar surface area (TPSA) is 57.8 Å². The lowest BCUT2D eigenvalue weighted by atomic mass is 10.1. The molecule has 1 amide bonds. The van der Waals surface area contributed by atoms with Crippen molar-refractivity contribution in [2.45, 2.75) is 13.3 Å². The normalized spacial score (nSPS) is 10.8. The Morgan fingerprint density at radius 2 is 1.62 bits per heavy atom. The molecule has 1 heterocycles. The molecule has 2 aromatic rings. The van der Waals surface area contributed by atoms with E-state index in [1.54, 1.807) is 6.92 Å². The van der Waals surface area contributed by atoms with Gasteiger partial charge in [0.2, 0.25) is 5.82 Å². The number of carbonyl (C=O) groups is 1. The number of nitrogens with one attached hydrogen (secondary N) is 2. The molecule has 21 heavy (non-hydrogen) atoms. The monoisotopic (exact) mass is 305 g/mol. The molecule has 0 aliphatic heterocycles. The van der Waals surface area contributed by atoms with Crippen LogP contribution in [-0.4, -0.2) is 16.1 Å². The third-order valence-corrected chi connectivity index (χ3v) is 2.77. The van der Waals surface area contributed by atoms with E-state index in [1.807, 2.05) is 5.32 Å². The lowest BCUT2D eigenvalue weighted by molar-refractivity contribution is 0.101. The van der Waals surface area contributed by atoms with Gasteiger partial charge in [-0.1, -0.05) is 6.92 Å². The molecule has 0 radical (unpaired) electrons. The number of aromatic nitrogens is 2. The first kappa shape index (κ1) is 14.9. The van der Waals surface area contributed by atoms with Gasteiger partial charge in [-0.15, -0.1) is 0 Å². The predicted octanol–water partition coefficient (Wildman–Crippen LogP) is 2.92. The molecule has 1 aromatic carbocycles. The molecule has 0 bridgehead atoms. The van der Waals surface area contributed by atoms with Crippen molar-refractivity contribution in [2.75, 3.05) is 5.32 Å². The number of hydrogen-bond donors (Lipinski definition) is 2. The zero-order chi connectivity index (χ0) is 15.7. The number of aryl methyl sites for hydroxylation is 1. The van der Waals surface area contributed by atoms with Gasteiger partial charge < -0.3 is 5.32 Å². The number of rotatable bonds is 3. The summed E-state index contributed by atoms with van der Waals surface area (Å²) in [5.74, 6) is -12.5. The highest BCUT2D eigenvalue weighted by molar-refractivity contribution is 6.04. The Labute approximate surface area is 115 Å². The van der Waals surface area contributed by atoms with E-state index in [2.05, 4.69) is 10.2 Å². The fraction of sp³-hybridized carbons (Fsp3) is 0.167. The zero-order valence-electron chi connectivity index (χ0n) is 10.5. The minimum absolute atomic E-state index is 0.0199. The number of amides is 1. The van der Waals surface area contributed by atoms with Crippen LogP contribution in [0.4, 0.5) is 27.8 Å². The second kappa shape index (κ2) is 5.51. The van der Waals surface area contributed by atoms with Gasteiger partial charge in [0.05, 0.1) is 6.20 Å². The third kappa shape index (κ3) is 2.46. The molecule has 1 aromatic heterocycles. The Kier molecular flexibility index (Phi) is 3.92. The van der Waals surface area contributed by atoms with Crippen LogP contribution in [0, 0.1) is 29.1 Å². The summed E-state index contributed by atoms with van der Waals surface area (Å²) in [6, 6.07) is 0. The second-order valence-electron chi connectivity index (χ2n) is 4.02. The molecule has 112 valence electrons. The van der Waals surface area contributed by atoms with Gasteiger partial charge >= 0.3 is 0 Å². The van der Waals surface area contributed by atoms with E-state index in [0.29, 0.717) is 12.0 Å². The summed E-state index contributed by atoms with van der Waals surface area (Å²) in [6.07, 6.45) is 1.79. The number of benzene rings is 1. The van der Waals surface area contributed by atoms with Crippen molar-refractivity contribution in [3.63, 3.8) is 0 Å². The van der Waals surface area contributed by atoms with Crippen LogP contribution >= 0.6 is 0 Å². The number of anilines is 1. The Balaban J connectivity index is 2.45. The third-order valence-electron chi connectivity index (χ3n) is 2.77. The average Bonchev–Trinajstić information content (AvgIpc) is 2.90. The predicted molar refractivity (Wildman–Crippen MR) is 62.2 cm³/mol. The van der Waals surface area contributed by atoms with Crippen molar-refractivity contribution in [2.24, 2.45) is 0 Å². The summed E-state index contributed by atoms with van der Waals surface area (Å²) < 4.78 is 65.8. The number of aromatic amines is 1. The molecular formula is C12H8F5N3O. The van der Waals surface area contributed by atoms with Gasteiger partial charge in [0.25, 0.3) is 5.91 Å². The van der Waals surface area contributed by atoms with E-state index in [-0.39, 0.29) is 5.82 Å². The van der Waals surface area contributed by atoms with E-state index in [1.165, 1.54) is 6.20 Å². The first-order valence-corrected chi connectivity index (χ1v) is 5.73. The van der Waals surface area contributed by atoms with Crippen LogP contribution in [0.5, 0.6) is 0 Å². The SMILES string of the molecule is CCc1cn[nH]c1NC(=O)c1c(F)c(F)c(F)c(F)c1F. The van der Waals surface area contributed by atoms with Crippen molar-refractivity contribution < 1.29 is 26.7 Å². The van der Waals surface area contributed by atoms with Crippen molar-refractivity contribution >= 4 is 11.7 Å². The maximum atomic E-state index is 13.5. The molecule has 0 fully saturated rings.